The van der Waals surface area contributed by atoms with Crippen molar-refractivity contribution in [3.8, 4) is 11.5 Å². The summed E-state index contributed by atoms with van der Waals surface area (Å²) in [5, 5.41) is 6.09. The van der Waals surface area contributed by atoms with E-state index < -0.39 is 12.1 Å². The lowest BCUT2D eigenvalue weighted by Crippen LogP contribution is -2.47. The van der Waals surface area contributed by atoms with Crippen molar-refractivity contribution in [3.63, 3.8) is 0 Å². The predicted molar refractivity (Wildman–Crippen MR) is 174 cm³/mol. The monoisotopic (exact) mass is 600 g/mol. The first-order valence-corrected chi connectivity index (χ1v) is 15.2. The molecular formula is C37H36N4O4. The Morgan fingerprint density at radius 1 is 0.889 bits per heavy atom. The second-order valence-electron chi connectivity index (χ2n) is 11.4. The molecule has 4 aromatic carbocycles. The van der Waals surface area contributed by atoms with Crippen LogP contribution in [0.4, 0.5) is 10.5 Å². The summed E-state index contributed by atoms with van der Waals surface area (Å²) >= 11 is 0. The Morgan fingerprint density at radius 3 is 2.31 bits per heavy atom. The molecule has 0 saturated carbocycles. The SMILES string of the molecule is CCN1C(=O)N[C@H](c2cccc(Oc3ccccc3)c2)C2=C1CN([C@@H](Cc1ccccc1)C(=O)Nc1ccc(C)c(C)c1)C2=O. The highest BCUT2D eigenvalue weighted by Gasteiger charge is 2.47. The summed E-state index contributed by atoms with van der Waals surface area (Å²) in [5.74, 6) is 0.706. The van der Waals surface area contributed by atoms with Gasteiger partial charge in [-0.2, -0.15) is 0 Å². The number of anilines is 1. The van der Waals surface area contributed by atoms with E-state index in [1.165, 1.54) is 0 Å². The fraction of sp³-hybridized carbons (Fsp3) is 0.216. The zero-order chi connectivity index (χ0) is 31.5. The Hall–Kier alpha value is -5.37. The molecule has 228 valence electrons. The molecule has 6 rings (SSSR count). The zero-order valence-electron chi connectivity index (χ0n) is 25.6. The van der Waals surface area contributed by atoms with Crippen LogP contribution in [-0.4, -0.2) is 46.8 Å². The van der Waals surface area contributed by atoms with Crippen molar-refractivity contribution >= 4 is 23.5 Å². The number of nitrogens with one attached hydrogen (secondary N) is 2. The fourth-order valence-corrected chi connectivity index (χ4v) is 5.96. The molecule has 0 aliphatic carbocycles. The third-order valence-corrected chi connectivity index (χ3v) is 8.46. The van der Waals surface area contributed by atoms with Crippen LogP contribution < -0.4 is 15.4 Å². The molecule has 0 unspecified atom stereocenters. The Kier molecular flexibility index (Phi) is 8.38. The number of urea groups is 1. The predicted octanol–water partition coefficient (Wildman–Crippen LogP) is 6.53. The largest absolute Gasteiger partial charge is 0.457 e. The highest BCUT2D eigenvalue weighted by Crippen LogP contribution is 2.38. The number of rotatable bonds is 9. The number of carbonyl (C=O) groups excluding carboxylic acids is 3. The molecular weight excluding hydrogens is 564 g/mol. The van der Waals surface area contributed by atoms with E-state index in [9.17, 15) is 14.4 Å². The summed E-state index contributed by atoms with van der Waals surface area (Å²) in [6.45, 7) is 6.42. The number of carbonyl (C=O) groups is 3. The molecule has 0 fully saturated rings. The molecule has 4 amide bonds. The maximum absolute atomic E-state index is 14.4. The number of aryl methyl sites for hydroxylation is 2. The van der Waals surface area contributed by atoms with Gasteiger partial charge in [0.2, 0.25) is 5.91 Å². The van der Waals surface area contributed by atoms with Gasteiger partial charge < -0.3 is 20.3 Å². The minimum atomic E-state index is -0.811. The van der Waals surface area contributed by atoms with Crippen LogP contribution in [0, 0.1) is 13.8 Å². The maximum atomic E-state index is 14.4. The summed E-state index contributed by atoms with van der Waals surface area (Å²) in [4.78, 5) is 45.0. The number of para-hydroxylation sites is 1. The average Bonchev–Trinajstić information content (AvgIpc) is 3.38. The third kappa shape index (κ3) is 6.17. The summed E-state index contributed by atoms with van der Waals surface area (Å²) in [7, 11) is 0. The Balaban J connectivity index is 1.34. The van der Waals surface area contributed by atoms with E-state index in [-0.39, 0.29) is 24.4 Å². The van der Waals surface area contributed by atoms with Gasteiger partial charge in [-0.3, -0.25) is 14.5 Å². The molecule has 0 aromatic heterocycles. The van der Waals surface area contributed by atoms with Gasteiger partial charge in [-0.1, -0.05) is 66.7 Å². The number of hydrogen-bond donors (Lipinski definition) is 2. The van der Waals surface area contributed by atoms with Gasteiger partial charge in [0.05, 0.1) is 23.9 Å². The molecule has 0 bridgehead atoms. The summed E-state index contributed by atoms with van der Waals surface area (Å²) < 4.78 is 6.06. The first kappa shape index (κ1) is 29.7. The molecule has 0 spiro atoms. The molecule has 8 nitrogen and oxygen atoms in total. The van der Waals surface area contributed by atoms with Crippen LogP contribution in [0.5, 0.6) is 11.5 Å². The minimum Gasteiger partial charge on any atom is -0.457 e. The van der Waals surface area contributed by atoms with Crippen LogP contribution in [-0.2, 0) is 16.0 Å². The van der Waals surface area contributed by atoms with Crippen molar-refractivity contribution in [1.82, 2.24) is 15.1 Å². The summed E-state index contributed by atoms with van der Waals surface area (Å²) in [6.07, 6.45) is 0.322. The third-order valence-electron chi connectivity index (χ3n) is 8.46. The van der Waals surface area contributed by atoms with Gasteiger partial charge in [-0.25, -0.2) is 4.79 Å². The van der Waals surface area contributed by atoms with E-state index in [1.54, 1.807) is 9.80 Å². The Morgan fingerprint density at radius 2 is 1.60 bits per heavy atom. The van der Waals surface area contributed by atoms with Crippen molar-refractivity contribution in [2.45, 2.75) is 39.3 Å². The molecule has 2 heterocycles. The first-order valence-electron chi connectivity index (χ1n) is 15.2. The van der Waals surface area contributed by atoms with E-state index in [0.29, 0.717) is 41.4 Å². The molecule has 2 N–H and O–H groups in total. The number of likely N-dealkylation sites (N-methyl/N-ethyl adjacent to an activating group) is 1. The second kappa shape index (κ2) is 12.7. The second-order valence-corrected chi connectivity index (χ2v) is 11.4. The van der Waals surface area contributed by atoms with Crippen LogP contribution in [0.15, 0.2) is 114 Å². The highest BCUT2D eigenvalue weighted by molar-refractivity contribution is 6.05. The van der Waals surface area contributed by atoms with Gasteiger partial charge in [0, 0.05) is 18.7 Å². The molecule has 2 atom stereocenters. The first-order chi connectivity index (χ1) is 21.8. The highest BCUT2D eigenvalue weighted by atomic mass is 16.5. The molecule has 0 saturated heterocycles. The number of benzene rings is 4. The zero-order valence-corrected chi connectivity index (χ0v) is 25.6. The van der Waals surface area contributed by atoms with Gasteiger partial charge in [0.1, 0.15) is 17.5 Å². The minimum absolute atomic E-state index is 0.143. The van der Waals surface area contributed by atoms with Gasteiger partial charge in [-0.15, -0.1) is 0 Å². The van der Waals surface area contributed by atoms with Gasteiger partial charge in [0.15, 0.2) is 0 Å². The topological polar surface area (TPSA) is 91.0 Å². The van der Waals surface area contributed by atoms with Crippen LogP contribution in [0.3, 0.4) is 0 Å². The quantitative estimate of drug-likeness (QED) is 0.229. The number of hydrogen-bond acceptors (Lipinski definition) is 4. The Bertz CT molecular complexity index is 1770. The summed E-state index contributed by atoms with van der Waals surface area (Å²) in [6, 6.07) is 30.5. The summed E-state index contributed by atoms with van der Waals surface area (Å²) in [5.41, 5.74) is 5.58. The molecule has 45 heavy (non-hydrogen) atoms. The van der Waals surface area contributed by atoms with Crippen LogP contribution in [0.1, 0.15) is 35.2 Å². The van der Waals surface area contributed by atoms with Crippen LogP contribution in [0.2, 0.25) is 0 Å². The van der Waals surface area contributed by atoms with E-state index in [4.69, 9.17) is 4.74 Å². The number of ether oxygens (including phenoxy) is 1. The number of amides is 4. The lowest BCUT2D eigenvalue weighted by atomic mass is 9.95. The van der Waals surface area contributed by atoms with Crippen molar-refractivity contribution in [2.24, 2.45) is 0 Å². The molecule has 2 aliphatic rings. The van der Waals surface area contributed by atoms with E-state index in [2.05, 4.69) is 10.6 Å². The van der Waals surface area contributed by atoms with E-state index in [1.807, 2.05) is 124 Å². The Labute approximate surface area is 263 Å². The standard InChI is InChI=1S/C37H36N4O4/c1-4-40-32-23-41(31(21-26-12-7-5-8-13-26)35(42)38-28-19-18-24(2)25(3)20-28)36(43)33(32)34(39-37(40)44)27-14-11-17-30(22-27)45-29-15-9-6-10-16-29/h5-20,22,31,34H,4,21,23H2,1-3H3,(H,38,42)(H,39,44)/t31-,34+/m0/s1. The average molecular weight is 601 g/mol. The fourth-order valence-electron chi connectivity index (χ4n) is 5.96. The lowest BCUT2D eigenvalue weighted by molar-refractivity contribution is -0.134. The van der Waals surface area contributed by atoms with Gasteiger partial charge >= 0.3 is 6.03 Å². The van der Waals surface area contributed by atoms with Crippen molar-refractivity contribution in [3.05, 3.63) is 137 Å². The van der Waals surface area contributed by atoms with Gasteiger partial charge in [-0.05, 0) is 79.4 Å². The molecule has 4 aromatic rings. The number of nitrogens with zero attached hydrogens (tertiary/aromatic N) is 2. The van der Waals surface area contributed by atoms with Gasteiger partial charge in [0.25, 0.3) is 5.91 Å². The maximum Gasteiger partial charge on any atom is 0.322 e. The smallest absolute Gasteiger partial charge is 0.322 e. The van der Waals surface area contributed by atoms with Crippen LogP contribution in [0.25, 0.3) is 0 Å². The molecule has 8 heteroatoms. The lowest BCUT2D eigenvalue weighted by Gasteiger charge is -2.33. The van der Waals surface area contributed by atoms with E-state index in [0.717, 1.165) is 22.3 Å². The van der Waals surface area contributed by atoms with Crippen molar-refractivity contribution in [1.29, 1.82) is 0 Å². The van der Waals surface area contributed by atoms with Crippen molar-refractivity contribution < 1.29 is 19.1 Å². The molecule has 0 radical (unpaired) electrons. The van der Waals surface area contributed by atoms with E-state index >= 15 is 0 Å². The molecule has 2 aliphatic heterocycles. The van der Waals surface area contributed by atoms with Crippen molar-refractivity contribution in [2.75, 3.05) is 18.4 Å². The normalized spacial score (nSPS) is 16.7. The van der Waals surface area contributed by atoms with Crippen LogP contribution >= 0.6 is 0 Å².